The zero-order valence-electron chi connectivity index (χ0n) is 10.8. The van der Waals surface area contributed by atoms with Gasteiger partial charge in [-0.15, -0.1) is 0 Å². The first-order valence-electron chi connectivity index (χ1n) is 5.52. The van der Waals surface area contributed by atoms with E-state index in [2.05, 4.69) is 14.7 Å². The van der Waals surface area contributed by atoms with Gasteiger partial charge in [0, 0.05) is 13.6 Å². The normalized spacial score (nSPS) is 13.1. The third-order valence-corrected chi connectivity index (χ3v) is 4.15. The van der Waals surface area contributed by atoms with Crippen LogP contribution in [0.2, 0.25) is 5.28 Å². The second-order valence-corrected chi connectivity index (χ2v) is 5.94. The van der Waals surface area contributed by atoms with Crippen molar-refractivity contribution in [1.29, 1.82) is 0 Å². The van der Waals surface area contributed by atoms with E-state index in [0.717, 1.165) is 12.4 Å². The number of nitrogens with one attached hydrogen (secondary N) is 1. The highest BCUT2D eigenvalue weighted by atomic mass is 35.5. The molecule has 0 saturated carbocycles. The van der Waals surface area contributed by atoms with Crippen molar-refractivity contribution in [3.63, 3.8) is 0 Å². The van der Waals surface area contributed by atoms with Crippen LogP contribution in [-0.2, 0) is 14.8 Å². The molecule has 19 heavy (non-hydrogen) atoms. The first kappa shape index (κ1) is 15.8. The molecule has 1 heterocycles. The smallest absolute Gasteiger partial charge is 0.244 e. The molecule has 0 aliphatic rings. The van der Waals surface area contributed by atoms with Gasteiger partial charge in [-0.1, -0.05) is 0 Å². The fraction of sp³-hybridized carbons (Fsp3) is 0.500. The number of rotatable bonds is 5. The predicted molar refractivity (Wildman–Crippen MR) is 70.1 cm³/mol. The molecule has 0 aliphatic heterocycles. The number of carbonyl (C=O) groups is 1. The molecule has 0 saturated heterocycles. The zero-order chi connectivity index (χ0) is 14.6. The van der Waals surface area contributed by atoms with Crippen LogP contribution in [-0.4, -0.2) is 48.8 Å². The molecule has 106 valence electrons. The Morgan fingerprint density at radius 1 is 1.47 bits per heavy atom. The lowest BCUT2D eigenvalue weighted by molar-refractivity contribution is -0.131. The average molecular weight is 307 g/mol. The van der Waals surface area contributed by atoms with Gasteiger partial charge in [0.1, 0.15) is 4.90 Å². The van der Waals surface area contributed by atoms with Crippen molar-refractivity contribution in [3.05, 3.63) is 17.7 Å². The summed E-state index contributed by atoms with van der Waals surface area (Å²) in [5.41, 5.74) is 0. The zero-order valence-corrected chi connectivity index (χ0v) is 12.4. The summed E-state index contributed by atoms with van der Waals surface area (Å²) in [4.78, 5) is 20.2. The van der Waals surface area contributed by atoms with E-state index >= 15 is 0 Å². The highest BCUT2D eigenvalue weighted by Gasteiger charge is 2.24. The Bertz CT molecular complexity index is 546. The van der Waals surface area contributed by atoms with E-state index in [1.807, 2.05) is 0 Å². The minimum absolute atomic E-state index is 0.0474. The Labute approximate surface area is 117 Å². The van der Waals surface area contributed by atoms with Crippen LogP contribution in [0.4, 0.5) is 0 Å². The molecule has 0 aromatic carbocycles. The van der Waals surface area contributed by atoms with Crippen molar-refractivity contribution in [3.8, 4) is 0 Å². The van der Waals surface area contributed by atoms with Crippen molar-refractivity contribution in [2.75, 3.05) is 13.6 Å². The first-order chi connectivity index (χ1) is 8.77. The highest BCUT2D eigenvalue weighted by molar-refractivity contribution is 7.89. The number of aromatic nitrogens is 2. The van der Waals surface area contributed by atoms with Crippen LogP contribution < -0.4 is 4.72 Å². The van der Waals surface area contributed by atoms with Gasteiger partial charge >= 0.3 is 0 Å². The Morgan fingerprint density at radius 3 is 2.47 bits per heavy atom. The minimum Gasteiger partial charge on any atom is -0.345 e. The summed E-state index contributed by atoms with van der Waals surface area (Å²) in [7, 11) is -2.25. The number of sulfonamides is 1. The van der Waals surface area contributed by atoms with E-state index in [4.69, 9.17) is 11.6 Å². The molecule has 1 aromatic rings. The van der Waals surface area contributed by atoms with Gasteiger partial charge in [-0.05, 0) is 25.4 Å². The molecule has 0 aliphatic carbocycles. The highest BCUT2D eigenvalue weighted by Crippen LogP contribution is 2.08. The molecule has 7 nitrogen and oxygen atoms in total. The molecule has 1 atom stereocenters. The summed E-state index contributed by atoms with van der Waals surface area (Å²) in [5.74, 6) is -0.319. The van der Waals surface area contributed by atoms with Crippen LogP contribution in [0.1, 0.15) is 13.8 Å². The second-order valence-electron chi connectivity index (χ2n) is 3.88. The molecule has 0 bridgehead atoms. The van der Waals surface area contributed by atoms with Crippen molar-refractivity contribution >= 4 is 27.5 Å². The summed E-state index contributed by atoms with van der Waals surface area (Å²) in [5, 5.41) is -0.0474. The van der Waals surface area contributed by atoms with E-state index < -0.39 is 16.1 Å². The fourth-order valence-electron chi connectivity index (χ4n) is 1.28. The van der Waals surface area contributed by atoms with Gasteiger partial charge in [0.15, 0.2) is 0 Å². The second kappa shape index (κ2) is 6.27. The molecule has 0 spiro atoms. The van der Waals surface area contributed by atoms with Gasteiger partial charge in [0.25, 0.3) is 0 Å². The SMILES string of the molecule is CCN(C)C(=O)C(C)NS(=O)(=O)c1cnc(Cl)nc1. The van der Waals surface area contributed by atoms with Crippen molar-refractivity contribution in [2.24, 2.45) is 0 Å². The summed E-state index contributed by atoms with van der Waals surface area (Å²) >= 11 is 5.48. The van der Waals surface area contributed by atoms with Gasteiger partial charge in [-0.25, -0.2) is 18.4 Å². The van der Waals surface area contributed by atoms with Crippen molar-refractivity contribution < 1.29 is 13.2 Å². The Morgan fingerprint density at radius 2 is 2.00 bits per heavy atom. The Balaban J connectivity index is 2.86. The summed E-state index contributed by atoms with van der Waals surface area (Å²) in [6, 6.07) is -0.870. The topological polar surface area (TPSA) is 92.3 Å². The maximum atomic E-state index is 12.0. The van der Waals surface area contributed by atoms with Crippen LogP contribution in [0.3, 0.4) is 0 Å². The first-order valence-corrected chi connectivity index (χ1v) is 7.39. The van der Waals surface area contributed by atoms with E-state index in [1.165, 1.54) is 11.8 Å². The lowest BCUT2D eigenvalue weighted by Crippen LogP contribution is -2.45. The van der Waals surface area contributed by atoms with Crippen molar-refractivity contribution in [1.82, 2.24) is 19.6 Å². The third kappa shape index (κ3) is 4.12. The predicted octanol–water partition coefficient (Wildman–Crippen LogP) is 0.275. The lowest BCUT2D eigenvalue weighted by atomic mass is 10.3. The van der Waals surface area contributed by atoms with Crippen LogP contribution in [0, 0.1) is 0 Å². The molecule has 1 aromatic heterocycles. The number of amides is 1. The molecular weight excluding hydrogens is 292 g/mol. The number of halogens is 1. The fourth-order valence-corrected chi connectivity index (χ4v) is 2.46. The van der Waals surface area contributed by atoms with Crippen LogP contribution in [0.25, 0.3) is 0 Å². The van der Waals surface area contributed by atoms with Gasteiger partial charge in [-0.2, -0.15) is 4.72 Å². The number of carbonyl (C=O) groups excluding carboxylic acids is 1. The summed E-state index contributed by atoms with van der Waals surface area (Å²) in [6.07, 6.45) is 2.16. The number of likely N-dealkylation sites (N-methyl/N-ethyl adjacent to an activating group) is 1. The standard InChI is InChI=1S/C10H15ClN4O3S/c1-4-15(3)9(16)7(2)14-19(17,18)8-5-12-10(11)13-6-8/h5-7,14H,4H2,1-3H3. The van der Waals surface area contributed by atoms with E-state index in [9.17, 15) is 13.2 Å². The Hall–Kier alpha value is -1.25. The average Bonchev–Trinajstić information content (AvgIpc) is 2.36. The minimum atomic E-state index is -3.84. The Kier molecular flexibility index (Phi) is 5.21. The van der Waals surface area contributed by atoms with Crippen LogP contribution >= 0.6 is 11.6 Å². The maximum Gasteiger partial charge on any atom is 0.244 e. The lowest BCUT2D eigenvalue weighted by Gasteiger charge is -2.20. The largest absolute Gasteiger partial charge is 0.345 e. The molecule has 1 amide bonds. The monoisotopic (exact) mass is 306 g/mol. The van der Waals surface area contributed by atoms with E-state index in [0.29, 0.717) is 6.54 Å². The molecular formula is C10H15ClN4O3S. The molecule has 0 radical (unpaired) electrons. The van der Waals surface area contributed by atoms with Crippen LogP contribution in [0.5, 0.6) is 0 Å². The molecule has 9 heteroatoms. The number of nitrogens with zero attached hydrogens (tertiary/aromatic N) is 3. The molecule has 1 unspecified atom stereocenters. The van der Waals surface area contributed by atoms with E-state index in [-0.39, 0.29) is 16.1 Å². The number of hydrogen-bond acceptors (Lipinski definition) is 5. The van der Waals surface area contributed by atoms with Crippen molar-refractivity contribution in [2.45, 2.75) is 24.8 Å². The van der Waals surface area contributed by atoms with Gasteiger partial charge < -0.3 is 4.90 Å². The van der Waals surface area contributed by atoms with Gasteiger partial charge in [-0.3, -0.25) is 4.79 Å². The summed E-state index contributed by atoms with van der Waals surface area (Å²) < 4.78 is 26.2. The van der Waals surface area contributed by atoms with E-state index in [1.54, 1.807) is 14.0 Å². The summed E-state index contributed by atoms with van der Waals surface area (Å²) in [6.45, 7) is 3.77. The maximum absolute atomic E-state index is 12.0. The molecule has 1 N–H and O–H groups in total. The number of hydrogen-bond donors (Lipinski definition) is 1. The van der Waals surface area contributed by atoms with Crippen LogP contribution in [0.15, 0.2) is 17.3 Å². The quantitative estimate of drug-likeness (QED) is 0.789. The van der Waals surface area contributed by atoms with Gasteiger partial charge in [0.2, 0.25) is 21.2 Å². The third-order valence-electron chi connectivity index (χ3n) is 2.46. The van der Waals surface area contributed by atoms with Gasteiger partial charge in [0.05, 0.1) is 18.4 Å². The molecule has 1 rings (SSSR count). The molecule has 0 fully saturated rings.